The number of imide groups is 1. The number of ketones is 1. The van der Waals surface area contributed by atoms with Gasteiger partial charge in [-0.3, -0.25) is 19.2 Å². The molecular formula is C26H24Cl2N2O5. The lowest BCUT2D eigenvalue weighted by molar-refractivity contribution is -0.156. The van der Waals surface area contributed by atoms with Crippen LogP contribution < -0.4 is 4.74 Å². The second-order valence-corrected chi connectivity index (χ2v) is 9.55. The lowest BCUT2D eigenvalue weighted by atomic mass is 9.82. The lowest BCUT2D eigenvalue weighted by Gasteiger charge is -2.34. The SMILES string of the molecule is COc1ccc(C(=O)[C@H](C)N(C(=O)c2ccc(Cl)c(Cl)c2)N2C(=O)[C@H]3CC=C(C)C[C@@H]3C2=O)cc1. The molecule has 1 heterocycles. The summed E-state index contributed by atoms with van der Waals surface area (Å²) in [5.41, 5.74) is 1.41. The minimum atomic E-state index is -1.16. The Morgan fingerprint density at radius 1 is 1.00 bits per heavy atom. The molecule has 35 heavy (non-hydrogen) atoms. The quantitative estimate of drug-likeness (QED) is 0.308. The molecule has 0 bridgehead atoms. The Kier molecular flexibility index (Phi) is 7.01. The number of allylic oxidation sites excluding steroid dienone is 2. The van der Waals surface area contributed by atoms with Gasteiger partial charge < -0.3 is 4.74 Å². The van der Waals surface area contributed by atoms with E-state index in [1.165, 1.54) is 32.2 Å². The summed E-state index contributed by atoms with van der Waals surface area (Å²) in [6, 6.07) is 9.48. The number of hydrazine groups is 1. The van der Waals surface area contributed by atoms with Crippen LogP contribution in [0.3, 0.4) is 0 Å². The second kappa shape index (κ2) is 9.84. The zero-order valence-electron chi connectivity index (χ0n) is 19.5. The zero-order chi connectivity index (χ0) is 25.4. The minimum Gasteiger partial charge on any atom is -0.497 e. The number of halogens is 2. The Morgan fingerprint density at radius 2 is 1.63 bits per heavy atom. The molecule has 1 aliphatic heterocycles. The summed E-state index contributed by atoms with van der Waals surface area (Å²) in [6.07, 6.45) is 2.78. The third-order valence-corrected chi connectivity index (χ3v) is 7.25. The Bertz CT molecular complexity index is 1240. The van der Waals surface area contributed by atoms with Crippen LogP contribution in [-0.2, 0) is 9.59 Å². The van der Waals surface area contributed by atoms with E-state index in [2.05, 4.69) is 0 Å². The maximum atomic E-state index is 13.7. The molecule has 0 radical (unpaired) electrons. The van der Waals surface area contributed by atoms with Gasteiger partial charge in [-0.2, -0.15) is 5.01 Å². The number of methoxy groups -OCH3 is 1. The van der Waals surface area contributed by atoms with E-state index in [4.69, 9.17) is 27.9 Å². The first-order valence-corrected chi connectivity index (χ1v) is 11.9. The summed E-state index contributed by atoms with van der Waals surface area (Å²) in [7, 11) is 1.51. The standard InChI is InChI=1S/C26H24Cl2N2O5/c1-14-4-10-19-20(12-14)26(34)30(25(19)33)29(24(32)17-7-11-21(27)22(28)13-17)15(2)23(31)16-5-8-18(35-3)9-6-16/h4-9,11,13,15,19-20H,10,12H2,1-3H3/t15-,19-,20-/m0/s1. The number of hydrogen-bond acceptors (Lipinski definition) is 5. The van der Waals surface area contributed by atoms with Gasteiger partial charge in [0.25, 0.3) is 17.7 Å². The molecule has 3 atom stereocenters. The Morgan fingerprint density at radius 3 is 2.26 bits per heavy atom. The molecule has 3 amide bonds. The van der Waals surface area contributed by atoms with E-state index < -0.39 is 41.4 Å². The van der Waals surface area contributed by atoms with Gasteiger partial charge in [-0.25, -0.2) is 5.01 Å². The first-order chi connectivity index (χ1) is 16.6. The van der Waals surface area contributed by atoms with Crippen LogP contribution in [-0.4, -0.2) is 46.7 Å². The lowest BCUT2D eigenvalue weighted by Crippen LogP contribution is -2.56. The van der Waals surface area contributed by atoms with Crippen molar-refractivity contribution >= 4 is 46.7 Å². The van der Waals surface area contributed by atoms with Crippen LogP contribution >= 0.6 is 23.2 Å². The maximum absolute atomic E-state index is 13.7. The molecule has 0 saturated carbocycles. The van der Waals surface area contributed by atoms with Gasteiger partial charge in [-0.05, 0) is 69.2 Å². The highest BCUT2D eigenvalue weighted by Gasteiger charge is 2.53. The van der Waals surface area contributed by atoms with Gasteiger partial charge in [-0.15, -0.1) is 0 Å². The van der Waals surface area contributed by atoms with E-state index in [0.29, 0.717) is 24.2 Å². The van der Waals surface area contributed by atoms with Crippen LogP contribution in [0.1, 0.15) is 47.4 Å². The zero-order valence-corrected chi connectivity index (χ0v) is 21.0. The van der Waals surface area contributed by atoms with Crippen LogP contribution in [0.4, 0.5) is 0 Å². The van der Waals surface area contributed by atoms with Gasteiger partial charge in [0.1, 0.15) is 11.8 Å². The van der Waals surface area contributed by atoms with E-state index in [9.17, 15) is 19.2 Å². The minimum absolute atomic E-state index is 0.0959. The highest BCUT2D eigenvalue weighted by Crippen LogP contribution is 2.39. The summed E-state index contributed by atoms with van der Waals surface area (Å²) in [4.78, 5) is 54.0. The number of Topliss-reactive ketones (excluding diaryl/α,β-unsaturated/α-hetero) is 1. The Balaban J connectivity index is 1.75. The smallest absolute Gasteiger partial charge is 0.273 e. The van der Waals surface area contributed by atoms with Crippen molar-refractivity contribution in [2.45, 2.75) is 32.7 Å². The molecule has 1 fully saturated rings. The molecule has 7 nitrogen and oxygen atoms in total. The van der Waals surface area contributed by atoms with Crippen molar-refractivity contribution < 1.29 is 23.9 Å². The van der Waals surface area contributed by atoms with Crippen molar-refractivity contribution in [3.63, 3.8) is 0 Å². The average Bonchev–Trinajstić information content (AvgIpc) is 3.09. The molecule has 4 rings (SSSR count). The highest BCUT2D eigenvalue weighted by atomic mass is 35.5. The first kappa shape index (κ1) is 24.9. The van der Waals surface area contributed by atoms with Gasteiger partial charge in [0.15, 0.2) is 5.78 Å². The van der Waals surface area contributed by atoms with Crippen LogP contribution in [0, 0.1) is 11.8 Å². The van der Waals surface area contributed by atoms with Crippen LogP contribution in [0.15, 0.2) is 54.1 Å². The number of carbonyl (C=O) groups excluding carboxylic acids is 4. The fraction of sp³-hybridized carbons (Fsp3) is 0.308. The van der Waals surface area contributed by atoms with Gasteiger partial charge >= 0.3 is 0 Å². The Labute approximate surface area is 213 Å². The molecular weight excluding hydrogens is 491 g/mol. The molecule has 0 aromatic heterocycles. The summed E-state index contributed by atoms with van der Waals surface area (Å²) < 4.78 is 5.14. The maximum Gasteiger partial charge on any atom is 0.273 e. The fourth-order valence-corrected chi connectivity index (χ4v) is 4.84. The first-order valence-electron chi connectivity index (χ1n) is 11.1. The van der Waals surface area contributed by atoms with Crippen molar-refractivity contribution in [2.24, 2.45) is 11.8 Å². The Hall–Kier alpha value is -3.16. The predicted octanol–water partition coefficient (Wildman–Crippen LogP) is 4.97. The summed E-state index contributed by atoms with van der Waals surface area (Å²) >= 11 is 12.1. The number of hydrogen-bond donors (Lipinski definition) is 0. The van der Waals surface area contributed by atoms with Gasteiger partial charge in [0, 0.05) is 11.1 Å². The molecule has 1 aliphatic carbocycles. The van der Waals surface area contributed by atoms with E-state index in [1.54, 1.807) is 24.3 Å². The largest absolute Gasteiger partial charge is 0.497 e. The number of fused-ring (bicyclic) bond motifs is 1. The molecule has 0 spiro atoms. The van der Waals surface area contributed by atoms with Crippen LogP contribution in [0.25, 0.3) is 0 Å². The van der Waals surface area contributed by atoms with Crippen LogP contribution in [0.2, 0.25) is 10.0 Å². The van der Waals surface area contributed by atoms with Gasteiger partial charge in [0.05, 0.1) is 29.0 Å². The summed E-state index contributed by atoms with van der Waals surface area (Å²) in [5, 5.41) is 2.21. The van der Waals surface area contributed by atoms with Gasteiger partial charge in [-0.1, -0.05) is 34.9 Å². The van der Waals surface area contributed by atoms with Gasteiger partial charge in [0.2, 0.25) is 0 Å². The van der Waals surface area contributed by atoms with Crippen molar-refractivity contribution in [2.75, 3.05) is 7.11 Å². The average molecular weight is 515 g/mol. The van der Waals surface area contributed by atoms with Crippen molar-refractivity contribution in [3.05, 3.63) is 75.3 Å². The second-order valence-electron chi connectivity index (χ2n) is 8.74. The monoisotopic (exact) mass is 514 g/mol. The molecule has 0 unspecified atom stereocenters. The number of rotatable bonds is 6. The summed E-state index contributed by atoms with van der Waals surface area (Å²) in [6.45, 7) is 3.40. The van der Waals surface area contributed by atoms with E-state index >= 15 is 0 Å². The van der Waals surface area contributed by atoms with E-state index in [-0.39, 0.29) is 15.6 Å². The predicted molar refractivity (Wildman–Crippen MR) is 131 cm³/mol. The number of benzene rings is 2. The molecule has 1 saturated heterocycles. The third kappa shape index (κ3) is 4.58. The highest BCUT2D eigenvalue weighted by molar-refractivity contribution is 6.42. The molecule has 2 aromatic carbocycles. The van der Waals surface area contributed by atoms with Crippen molar-refractivity contribution in [1.82, 2.24) is 10.0 Å². The number of nitrogens with zero attached hydrogens (tertiary/aromatic N) is 2. The summed E-state index contributed by atoms with van der Waals surface area (Å²) in [5.74, 6) is -2.70. The van der Waals surface area contributed by atoms with E-state index in [0.717, 1.165) is 15.6 Å². The molecule has 2 aliphatic rings. The van der Waals surface area contributed by atoms with Crippen LogP contribution in [0.5, 0.6) is 5.75 Å². The number of carbonyl (C=O) groups is 4. The normalized spacial score (nSPS) is 20.3. The van der Waals surface area contributed by atoms with E-state index in [1.807, 2.05) is 13.0 Å². The topological polar surface area (TPSA) is 84.0 Å². The molecule has 0 N–H and O–H groups in total. The number of amides is 3. The molecule has 2 aromatic rings. The third-order valence-electron chi connectivity index (χ3n) is 6.51. The molecule has 182 valence electrons. The van der Waals surface area contributed by atoms with Crippen molar-refractivity contribution in [1.29, 1.82) is 0 Å². The molecule has 9 heteroatoms. The fourth-order valence-electron chi connectivity index (χ4n) is 4.54. The number of ether oxygens (including phenoxy) is 1. The van der Waals surface area contributed by atoms with Crippen molar-refractivity contribution in [3.8, 4) is 5.75 Å².